The van der Waals surface area contributed by atoms with E-state index in [4.69, 9.17) is 9.47 Å². The van der Waals surface area contributed by atoms with Gasteiger partial charge >= 0.3 is 0 Å². The van der Waals surface area contributed by atoms with E-state index < -0.39 is 11.7 Å². The van der Waals surface area contributed by atoms with E-state index in [1.54, 1.807) is 18.1 Å². The van der Waals surface area contributed by atoms with Crippen LogP contribution in [0.15, 0.2) is 60.0 Å². The maximum atomic E-state index is 10.6. The topological polar surface area (TPSA) is 58.9 Å². The molecule has 0 aromatic rings. The molecule has 4 aliphatic rings. The third-order valence-electron chi connectivity index (χ3n) is 9.33. The Morgan fingerprint density at radius 2 is 2.06 bits per heavy atom. The van der Waals surface area contributed by atoms with E-state index in [0.29, 0.717) is 30.1 Å². The van der Waals surface area contributed by atoms with Crippen LogP contribution in [-0.2, 0) is 9.47 Å². The van der Waals surface area contributed by atoms with Gasteiger partial charge in [-0.1, -0.05) is 51.0 Å². The Morgan fingerprint density at radius 3 is 2.77 bits per heavy atom. The van der Waals surface area contributed by atoms with Gasteiger partial charge in [0.15, 0.2) is 0 Å². The lowest BCUT2D eigenvalue weighted by molar-refractivity contribution is 0.0596. The molecule has 2 unspecified atom stereocenters. The fraction of sp³-hybridized carbons (Fsp3) is 0.677. The Bertz CT molecular complexity index is 901. The van der Waals surface area contributed by atoms with E-state index in [-0.39, 0.29) is 5.92 Å². The molecule has 0 bridgehead atoms. The van der Waals surface area contributed by atoms with Crippen molar-refractivity contribution in [3.8, 4) is 0 Å². The Morgan fingerprint density at radius 1 is 1.26 bits per heavy atom. The zero-order valence-electron chi connectivity index (χ0n) is 22.3. The van der Waals surface area contributed by atoms with Crippen molar-refractivity contribution in [1.82, 2.24) is 0 Å². The van der Waals surface area contributed by atoms with Crippen molar-refractivity contribution >= 4 is 0 Å². The summed E-state index contributed by atoms with van der Waals surface area (Å²) < 4.78 is 11.0. The highest BCUT2D eigenvalue weighted by Crippen LogP contribution is 2.60. The molecule has 3 aliphatic carbocycles. The minimum absolute atomic E-state index is 0.0504. The Kier molecular flexibility index (Phi) is 8.02. The first kappa shape index (κ1) is 26.3. The molecule has 4 rings (SSSR count). The molecule has 0 radical (unpaired) electrons. The van der Waals surface area contributed by atoms with Gasteiger partial charge in [0.2, 0.25) is 0 Å². The summed E-state index contributed by atoms with van der Waals surface area (Å²) in [6.45, 7) is 13.2. The number of allylic oxidation sites excluding steroid dienone is 4. The molecule has 2 N–H and O–H groups in total. The SMILES string of the molecule is C=C1/C(=C\C=C2/CCC[C@@]3(C)C2CC[C@@H]3[C@H](C)CCCC(C)(C)O)C[C@@H](O)CC1C1=COC=CO1. The second-order valence-corrected chi connectivity index (χ2v) is 12.4. The van der Waals surface area contributed by atoms with Crippen LogP contribution in [0.25, 0.3) is 0 Å². The van der Waals surface area contributed by atoms with Crippen molar-refractivity contribution in [3.05, 3.63) is 60.0 Å². The molecule has 194 valence electrons. The molecule has 3 fully saturated rings. The first-order valence-electron chi connectivity index (χ1n) is 13.7. The maximum absolute atomic E-state index is 10.6. The molecule has 0 spiro atoms. The molecule has 4 heteroatoms. The Hall–Kier alpha value is -1.78. The predicted molar refractivity (Wildman–Crippen MR) is 141 cm³/mol. The van der Waals surface area contributed by atoms with Gasteiger partial charge < -0.3 is 19.7 Å². The molecule has 35 heavy (non-hydrogen) atoms. The molecule has 3 saturated carbocycles. The first-order valence-corrected chi connectivity index (χ1v) is 13.7. The van der Waals surface area contributed by atoms with Gasteiger partial charge in [0.05, 0.1) is 11.7 Å². The number of aliphatic hydroxyl groups is 2. The third kappa shape index (κ3) is 5.97. The number of hydrogen-bond acceptors (Lipinski definition) is 4. The fourth-order valence-electron chi connectivity index (χ4n) is 7.49. The molecular weight excluding hydrogens is 436 g/mol. The first-order chi connectivity index (χ1) is 16.6. The van der Waals surface area contributed by atoms with Gasteiger partial charge in [0, 0.05) is 5.92 Å². The third-order valence-corrected chi connectivity index (χ3v) is 9.33. The second-order valence-electron chi connectivity index (χ2n) is 12.4. The van der Waals surface area contributed by atoms with Crippen LogP contribution in [-0.4, -0.2) is 21.9 Å². The monoisotopic (exact) mass is 482 g/mol. The van der Waals surface area contributed by atoms with Gasteiger partial charge in [0.1, 0.15) is 24.5 Å². The van der Waals surface area contributed by atoms with Crippen molar-refractivity contribution < 1.29 is 19.7 Å². The summed E-state index contributed by atoms with van der Waals surface area (Å²) in [5.74, 6) is 2.77. The Balaban J connectivity index is 1.46. The highest BCUT2D eigenvalue weighted by atomic mass is 16.5. The molecular formula is C31H46O4. The highest BCUT2D eigenvalue weighted by molar-refractivity contribution is 5.41. The van der Waals surface area contributed by atoms with E-state index >= 15 is 0 Å². The van der Waals surface area contributed by atoms with Crippen LogP contribution in [0.2, 0.25) is 0 Å². The lowest BCUT2D eigenvalue weighted by Crippen LogP contribution is -2.36. The van der Waals surface area contributed by atoms with Gasteiger partial charge in [0.25, 0.3) is 0 Å². The molecule has 6 atom stereocenters. The molecule has 4 nitrogen and oxygen atoms in total. The van der Waals surface area contributed by atoms with Gasteiger partial charge in [-0.15, -0.1) is 0 Å². The number of fused-ring (bicyclic) bond motifs is 1. The van der Waals surface area contributed by atoms with Crippen LogP contribution in [0, 0.1) is 29.1 Å². The highest BCUT2D eigenvalue weighted by Gasteiger charge is 2.50. The van der Waals surface area contributed by atoms with Gasteiger partial charge in [-0.05, 0) is 99.5 Å². The van der Waals surface area contributed by atoms with Crippen molar-refractivity contribution in [2.24, 2.45) is 29.1 Å². The van der Waals surface area contributed by atoms with Crippen LogP contribution in [0.1, 0.15) is 91.9 Å². The summed E-state index contributed by atoms with van der Waals surface area (Å²) in [7, 11) is 0. The number of aliphatic hydroxyl groups excluding tert-OH is 1. The summed E-state index contributed by atoms with van der Waals surface area (Å²) in [6, 6.07) is 0. The molecule has 0 aromatic heterocycles. The van der Waals surface area contributed by atoms with Crippen molar-refractivity contribution in [2.45, 2.75) is 104 Å². The van der Waals surface area contributed by atoms with Crippen molar-refractivity contribution in [2.75, 3.05) is 0 Å². The maximum Gasteiger partial charge on any atom is 0.146 e. The molecule has 0 amide bonds. The lowest BCUT2D eigenvalue weighted by atomic mass is 9.60. The van der Waals surface area contributed by atoms with E-state index in [1.807, 2.05) is 13.8 Å². The second kappa shape index (κ2) is 10.7. The van der Waals surface area contributed by atoms with Crippen LogP contribution >= 0.6 is 0 Å². The normalized spacial score (nSPS) is 36.5. The Labute approximate surface area is 212 Å². The smallest absolute Gasteiger partial charge is 0.146 e. The van der Waals surface area contributed by atoms with Crippen LogP contribution in [0.4, 0.5) is 0 Å². The summed E-state index contributed by atoms with van der Waals surface area (Å²) in [6.07, 6.45) is 19.7. The van der Waals surface area contributed by atoms with E-state index in [2.05, 4.69) is 32.6 Å². The summed E-state index contributed by atoms with van der Waals surface area (Å²) in [5.41, 5.74) is 3.55. The average molecular weight is 483 g/mol. The zero-order chi connectivity index (χ0) is 25.2. The fourth-order valence-corrected chi connectivity index (χ4v) is 7.49. The molecule has 1 heterocycles. The largest absolute Gasteiger partial charge is 0.466 e. The number of ether oxygens (including phenoxy) is 2. The zero-order valence-corrected chi connectivity index (χ0v) is 22.3. The van der Waals surface area contributed by atoms with Crippen molar-refractivity contribution in [1.29, 1.82) is 0 Å². The summed E-state index contributed by atoms with van der Waals surface area (Å²) >= 11 is 0. The van der Waals surface area contributed by atoms with E-state index in [9.17, 15) is 10.2 Å². The van der Waals surface area contributed by atoms with Gasteiger partial charge in [-0.25, -0.2) is 0 Å². The summed E-state index contributed by atoms with van der Waals surface area (Å²) in [5, 5.41) is 20.7. The standard InChI is InChI=1S/C31H46O4/c1-21(8-6-14-30(3,4)33)27-12-13-28-23(9-7-15-31(27,28)5)10-11-24-18-25(32)19-26(22(24)2)29-20-34-16-17-35-29/h10-11,16-17,20-21,25-28,32-33H,2,6-9,12-15,18-19H2,1,3-5H3/b23-10+,24-11-/t21-,25-,26?,27-,28?,31-/m1/s1. The van der Waals surface area contributed by atoms with Gasteiger partial charge in [-0.3, -0.25) is 0 Å². The van der Waals surface area contributed by atoms with E-state index in [0.717, 1.165) is 35.7 Å². The minimum Gasteiger partial charge on any atom is -0.466 e. The predicted octanol–water partition coefficient (Wildman–Crippen LogP) is 7.32. The minimum atomic E-state index is -0.560. The lowest BCUT2D eigenvalue weighted by Gasteiger charge is -2.44. The van der Waals surface area contributed by atoms with Crippen LogP contribution in [0.5, 0.6) is 0 Å². The van der Waals surface area contributed by atoms with Crippen molar-refractivity contribution in [3.63, 3.8) is 0 Å². The molecule has 1 aliphatic heterocycles. The average Bonchev–Trinajstić information content (AvgIpc) is 3.16. The number of rotatable bonds is 7. The quantitative estimate of drug-likeness (QED) is 0.399. The molecule has 0 aromatic carbocycles. The molecule has 0 saturated heterocycles. The van der Waals surface area contributed by atoms with Crippen LogP contribution < -0.4 is 0 Å². The number of hydrogen-bond donors (Lipinski definition) is 2. The van der Waals surface area contributed by atoms with Crippen LogP contribution in [0.3, 0.4) is 0 Å². The van der Waals surface area contributed by atoms with E-state index in [1.165, 1.54) is 44.8 Å². The van der Waals surface area contributed by atoms with Gasteiger partial charge in [-0.2, -0.15) is 0 Å². The summed E-state index contributed by atoms with van der Waals surface area (Å²) in [4.78, 5) is 0.